The summed E-state index contributed by atoms with van der Waals surface area (Å²) in [5.41, 5.74) is 1.89. The molecule has 0 spiro atoms. The molecule has 0 atom stereocenters. The van der Waals surface area contributed by atoms with E-state index in [9.17, 15) is 18.5 Å². The third kappa shape index (κ3) is 4.40. The molecule has 0 saturated carbocycles. The Morgan fingerprint density at radius 1 is 1.00 bits per heavy atom. The highest BCUT2D eigenvalue weighted by Crippen LogP contribution is 2.34. The van der Waals surface area contributed by atoms with Gasteiger partial charge < -0.3 is 4.74 Å². The van der Waals surface area contributed by atoms with Crippen LogP contribution in [0.3, 0.4) is 0 Å². The zero-order valence-electron chi connectivity index (χ0n) is 15.2. The number of nitrogens with one attached hydrogen (secondary N) is 1. The number of rotatable bonds is 6. The SMILES string of the molecule is CNS(=O)(=O)c1ccc(Oc2ccc(-c3ccc(C#N)cc3)cc2)c([N+](=O)[O-])c1. The standard InChI is InChI=1S/C20H15N3O5S/c1-22-29(26,27)18-10-11-20(19(12-18)23(24)25)28-17-8-6-16(7-9-17)15-4-2-14(13-21)3-5-15/h2-12,22H,1H3. The molecular weight excluding hydrogens is 394 g/mol. The molecule has 0 radical (unpaired) electrons. The van der Waals surface area contributed by atoms with Gasteiger partial charge in [0, 0.05) is 6.07 Å². The Morgan fingerprint density at radius 3 is 2.10 bits per heavy atom. The van der Waals surface area contributed by atoms with Crippen LogP contribution in [0, 0.1) is 21.4 Å². The van der Waals surface area contributed by atoms with Gasteiger partial charge >= 0.3 is 5.69 Å². The monoisotopic (exact) mass is 409 g/mol. The van der Waals surface area contributed by atoms with Crippen molar-refractivity contribution in [2.45, 2.75) is 4.90 Å². The molecule has 0 aliphatic heterocycles. The number of nitrogens with zero attached hydrogens (tertiary/aromatic N) is 2. The Kier molecular flexibility index (Phi) is 5.59. The molecule has 0 bridgehead atoms. The lowest BCUT2D eigenvalue weighted by atomic mass is 10.0. The summed E-state index contributed by atoms with van der Waals surface area (Å²) in [6.07, 6.45) is 0. The summed E-state index contributed by atoms with van der Waals surface area (Å²) in [6, 6.07) is 19.4. The number of benzene rings is 3. The first-order valence-corrected chi connectivity index (χ1v) is 9.83. The minimum atomic E-state index is -3.82. The number of sulfonamides is 1. The molecule has 0 heterocycles. The molecule has 0 saturated heterocycles. The minimum absolute atomic E-state index is 0.0730. The maximum absolute atomic E-state index is 11.9. The predicted molar refractivity (Wildman–Crippen MR) is 106 cm³/mol. The fourth-order valence-electron chi connectivity index (χ4n) is 2.59. The maximum Gasteiger partial charge on any atom is 0.312 e. The van der Waals surface area contributed by atoms with Gasteiger partial charge in [-0.05, 0) is 54.6 Å². The predicted octanol–water partition coefficient (Wildman–Crippen LogP) is 3.83. The van der Waals surface area contributed by atoms with Gasteiger partial charge in [-0.15, -0.1) is 0 Å². The Labute approximate surface area is 167 Å². The first kappa shape index (κ1) is 20.0. The van der Waals surface area contributed by atoms with Crippen molar-refractivity contribution < 1.29 is 18.1 Å². The van der Waals surface area contributed by atoms with E-state index in [2.05, 4.69) is 10.8 Å². The van der Waals surface area contributed by atoms with Crippen LogP contribution in [0.4, 0.5) is 5.69 Å². The van der Waals surface area contributed by atoms with Gasteiger partial charge in [0.1, 0.15) is 5.75 Å². The van der Waals surface area contributed by atoms with E-state index in [1.54, 1.807) is 36.4 Å². The third-order valence-corrected chi connectivity index (χ3v) is 5.55. The molecule has 29 heavy (non-hydrogen) atoms. The Balaban J connectivity index is 1.87. The normalized spacial score (nSPS) is 10.9. The van der Waals surface area contributed by atoms with Crippen molar-refractivity contribution in [3.8, 4) is 28.7 Å². The molecule has 1 N–H and O–H groups in total. The molecule has 0 fully saturated rings. The van der Waals surface area contributed by atoms with Crippen LogP contribution < -0.4 is 9.46 Å². The summed E-state index contributed by atoms with van der Waals surface area (Å²) in [5, 5.41) is 20.2. The summed E-state index contributed by atoms with van der Waals surface area (Å²) < 4.78 is 31.4. The van der Waals surface area contributed by atoms with E-state index in [1.807, 2.05) is 12.1 Å². The van der Waals surface area contributed by atoms with Gasteiger partial charge in [0.05, 0.1) is 21.5 Å². The van der Waals surface area contributed by atoms with E-state index in [1.165, 1.54) is 19.2 Å². The largest absolute Gasteiger partial charge is 0.450 e. The second kappa shape index (κ2) is 8.10. The number of nitro benzene ring substituents is 1. The van der Waals surface area contributed by atoms with Crippen LogP contribution in [-0.2, 0) is 10.0 Å². The maximum atomic E-state index is 11.9. The van der Waals surface area contributed by atoms with E-state index < -0.39 is 20.6 Å². The average molecular weight is 409 g/mol. The zero-order valence-corrected chi connectivity index (χ0v) is 16.0. The lowest BCUT2D eigenvalue weighted by Gasteiger charge is -2.09. The van der Waals surface area contributed by atoms with Crippen molar-refractivity contribution in [2.24, 2.45) is 0 Å². The molecule has 146 valence electrons. The summed E-state index contributed by atoms with van der Waals surface area (Å²) >= 11 is 0. The number of ether oxygens (including phenoxy) is 1. The van der Waals surface area contributed by atoms with Crippen LogP contribution >= 0.6 is 0 Å². The van der Waals surface area contributed by atoms with E-state index in [4.69, 9.17) is 10.00 Å². The molecule has 9 heteroatoms. The fraction of sp³-hybridized carbons (Fsp3) is 0.0500. The number of hydrogen-bond donors (Lipinski definition) is 1. The highest BCUT2D eigenvalue weighted by molar-refractivity contribution is 7.89. The highest BCUT2D eigenvalue weighted by atomic mass is 32.2. The summed E-state index contributed by atoms with van der Waals surface area (Å²) in [7, 11) is -2.59. The highest BCUT2D eigenvalue weighted by Gasteiger charge is 2.21. The molecule has 3 aromatic carbocycles. The number of hydrogen-bond acceptors (Lipinski definition) is 6. The zero-order chi connectivity index (χ0) is 21.0. The minimum Gasteiger partial charge on any atom is -0.450 e. The molecule has 3 aromatic rings. The van der Waals surface area contributed by atoms with E-state index in [0.717, 1.165) is 17.2 Å². The van der Waals surface area contributed by atoms with Gasteiger partial charge in [-0.25, -0.2) is 13.1 Å². The second-order valence-corrected chi connectivity index (χ2v) is 7.80. The van der Waals surface area contributed by atoms with Gasteiger partial charge in [0.15, 0.2) is 0 Å². The van der Waals surface area contributed by atoms with E-state index >= 15 is 0 Å². The lowest BCUT2D eigenvalue weighted by Crippen LogP contribution is -2.18. The Morgan fingerprint density at radius 2 is 1.59 bits per heavy atom. The van der Waals surface area contributed by atoms with Gasteiger partial charge in [-0.2, -0.15) is 5.26 Å². The van der Waals surface area contributed by atoms with Crippen molar-refractivity contribution in [3.63, 3.8) is 0 Å². The molecule has 3 rings (SSSR count). The van der Waals surface area contributed by atoms with Crippen molar-refractivity contribution in [3.05, 3.63) is 82.4 Å². The van der Waals surface area contributed by atoms with E-state index in [-0.39, 0.29) is 10.6 Å². The van der Waals surface area contributed by atoms with Crippen molar-refractivity contribution in [2.75, 3.05) is 7.05 Å². The smallest absolute Gasteiger partial charge is 0.312 e. The molecule has 0 aliphatic carbocycles. The summed E-state index contributed by atoms with van der Waals surface area (Å²) in [5.74, 6) is 0.283. The lowest BCUT2D eigenvalue weighted by molar-refractivity contribution is -0.385. The van der Waals surface area contributed by atoms with Gasteiger partial charge in [0.2, 0.25) is 15.8 Å². The molecule has 0 aliphatic rings. The Bertz CT molecular complexity index is 1200. The van der Waals surface area contributed by atoms with Crippen LogP contribution in [0.5, 0.6) is 11.5 Å². The number of nitriles is 1. The van der Waals surface area contributed by atoms with Crippen LogP contribution in [0.25, 0.3) is 11.1 Å². The van der Waals surface area contributed by atoms with Crippen LogP contribution in [0.1, 0.15) is 5.56 Å². The average Bonchev–Trinajstić information content (AvgIpc) is 2.74. The van der Waals surface area contributed by atoms with E-state index in [0.29, 0.717) is 11.3 Å². The molecule has 0 aromatic heterocycles. The van der Waals surface area contributed by atoms with Crippen LogP contribution in [0.15, 0.2) is 71.6 Å². The topological polar surface area (TPSA) is 122 Å². The fourth-order valence-corrected chi connectivity index (χ4v) is 3.34. The summed E-state index contributed by atoms with van der Waals surface area (Å²) in [4.78, 5) is 10.4. The molecule has 8 nitrogen and oxygen atoms in total. The Hall–Kier alpha value is -3.74. The molecule has 0 unspecified atom stereocenters. The van der Waals surface area contributed by atoms with Crippen LogP contribution in [0.2, 0.25) is 0 Å². The van der Waals surface area contributed by atoms with Gasteiger partial charge in [-0.3, -0.25) is 10.1 Å². The van der Waals surface area contributed by atoms with Crippen molar-refractivity contribution in [1.82, 2.24) is 4.72 Å². The second-order valence-electron chi connectivity index (χ2n) is 5.91. The summed E-state index contributed by atoms with van der Waals surface area (Å²) in [6.45, 7) is 0. The first-order chi connectivity index (χ1) is 13.8. The molecule has 0 amide bonds. The van der Waals surface area contributed by atoms with Crippen molar-refractivity contribution in [1.29, 1.82) is 5.26 Å². The number of nitro groups is 1. The van der Waals surface area contributed by atoms with Crippen molar-refractivity contribution >= 4 is 15.7 Å². The quantitative estimate of drug-likeness (QED) is 0.487. The first-order valence-electron chi connectivity index (χ1n) is 8.34. The van der Waals surface area contributed by atoms with Gasteiger partial charge in [-0.1, -0.05) is 24.3 Å². The molecular formula is C20H15N3O5S. The van der Waals surface area contributed by atoms with Gasteiger partial charge in [0.25, 0.3) is 0 Å². The third-order valence-electron chi connectivity index (χ3n) is 4.14. The van der Waals surface area contributed by atoms with Crippen LogP contribution in [-0.4, -0.2) is 20.4 Å².